The lowest BCUT2D eigenvalue weighted by Crippen LogP contribution is -2.45. The van der Waals surface area contributed by atoms with Gasteiger partial charge in [0.15, 0.2) is 5.58 Å². The Morgan fingerprint density at radius 3 is 2.36 bits per heavy atom. The second-order valence-electron chi connectivity index (χ2n) is 10.4. The largest absolute Gasteiger partial charge is 0.444 e. The number of aromatic nitrogens is 1. The average molecular weight is 497 g/mol. The maximum atomic E-state index is 12.5. The Labute approximate surface area is 211 Å². The minimum absolute atomic E-state index is 0.203. The molecule has 9 nitrogen and oxygen atoms in total. The molecule has 2 heterocycles. The standard InChI is InChI=1S/C27H36N4O5/c1-18-16-30(17-19(2)34-18)22-10-7-20(8-11-22)28-21-9-12-24-23(15-21)31(26(33)35-24)14-13-29(6)25(32)36-27(3,4)5/h7-12,15,18-19,28H,13-14,16-17H2,1-6H3. The summed E-state index contributed by atoms with van der Waals surface area (Å²) in [6.45, 7) is 12.0. The Bertz CT molecular complexity index is 1250. The predicted molar refractivity (Wildman–Crippen MR) is 141 cm³/mol. The van der Waals surface area contributed by atoms with Gasteiger partial charge in [-0.3, -0.25) is 4.57 Å². The molecule has 2 unspecified atom stereocenters. The van der Waals surface area contributed by atoms with Crippen molar-refractivity contribution in [2.75, 3.05) is 36.9 Å². The zero-order chi connectivity index (χ0) is 26.0. The van der Waals surface area contributed by atoms with Gasteiger partial charge in [-0.2, -0.15) is 0 Å². The highest BCUT2D eigenvalue weighted by Gasteiger charge is 2.22. The molecule has 1 fully saturated rings. The van der Waals surface area contributed by atoms with Gasteiger partial charge in [-0.25, -0.2) is 9.59 Å². The van der Waals surface area contributed by atoms with E-state index in [2.05, 4.69) is 36.2 Å². The normalized spacial score (nSPS) is 18.3. The van der Waals surface area contributed by atoms with Gasteiger partial charge in [0.05, 0.1) is 17.7 Å². The van der Waals surface area contributed by atoms with Crippen molar-refractivity contribution in [1.29, 1.82) is 0 Å². The van der Waals surface area contributed by atoms with Crippen LogP contribution in [0.3, 0.4) is 0 Å². The molecule has 36 heavy (non-hydrogen) atoms. The van der Waals surface area contributed by atoms with Crippen molar-refractivity contribution in [3.05, 3.63) is 53.0 Å². The molecular weight excluding hydrogens is 460 g/mol. The molecule has 1 aliphatic rings. The van der Waals surface area contributed by atoms with Crippen molar-refractivity contribution >= 4 is 34.3 Å². The van der Waals surface area contributed by atoms with Gasteiger partial charge in [0, 0.05) is 50.3 Å². The quantitative estimate of drug-likeness (QED) is 0.523. The molecule has 2 atom stereocenters. The van der Waals surface area contributed by atoms with Crippen molar-refractivity contribution in [3.8, 4) is 0 Å². The summed E-state index contributed by atoms with van der Waals surface area (Å²) < 4.78 is 18.2. The Hall–Kier alpha value is -3.46. The number of morpholine rings is 1. The second kappa shape index (κ2) is 10.3. The third-order valence-corrected chi connectivity index (χ3v) is 5.97. The fraction of sp³-hybridized carbons (Fsp3) is 0.481. The minimum Gasteiger partial charge on any atom is -0.444 e. The smallest absolute Gasteiger partial charge is 0.420 e. The van der Waals surface area contributed by atoms with Crippen LogP contribution in [0.5, 0.6) is 0 Å². The van der Waals surface area contributed by atoms with Crippen LogP contribution in [0.2, 0.25) is 0 Å². The number of nitrogens with one attached hydrogen (secondary N) is 1. The molecule has 0 radical (unpaired) electrons. The Morgan fingerprint density at radius 1 is 1.08 bits per heavy atom. The van der Waals surface area contributed by atoms with Gasteiger partial charge in [0.25, 0.3) is 0 Å². The van der Waals surface area contributed by atoms with E-state index in [9.17, 15) is 9.59 Å². The molecule has 1 N–H and O–H groups in total. The lowest BCUT2D eigenvalue weighted by molar-refractivity contribution is -0.00522. The van der Waals surface area contributed by atoms with E-state index in [4.69, 9.17) is 13.9 Å². The summed E-state index contributed by atoms with van der Waals surface area (Å²) in [7, 11) is 1.65. The van der Waals surface area contributed by atoms with Gasteiger partial charge in [-0.1, -0.05) is 0 Å². The number of hydrogen-bond donors (Lipinski definition) is 1. The molecule has 2 aromatic carbocycles. The molecule has 0 bridgehead atoms. The number of rotatable bonds is 6. The van der Waals surface area contributed by atoms with E-state index in [0.717, 1.165) is 30.2 Å². The van der Waals surface area contributed by atoms with E-state index in [-0.39, 0.29) is 18.8 Å². The first-order valence-electron chi connectivity index (χ1n) is 12.3. The van der Waals surface area contributed by atoms with E-state index in [1.165, 1.54) is 9.47 Å². The molecule has 194 valence electrons. The SMILES string of the molecule is CC1CN(c2ccc(Nc3ccc4oc(=O)n(CCN(C)C(=O)OC(C)(C)C)c4c3)cc2)CC(C)O1. The molecule has 9 heteroatoms. The molecule has 1 saturated heterocycles. The summed E-state index contributed by atoms with van der Waals surface area (Å²) in [5.74, 6) is -0.460. The maximum absolute atomic E-state index is 12.5. The summed E-state index contributed by atoms with van der Waals surface area (Å²) in [5.41, 5.74) is 3.51. The number of amides is 1. The summed E-state index contributed by atoms with van der Waals surface area (Å²) in [6, 6.07) is 13.8. The minimum atomic E-state index is -0.581. The first kappa shape index (κ1) is 25.6. The van der Waals surface area contributed by atoms with Crippen LogP contribution in [0, 0.1) is 0 Å². The predicted octanol–water partition coefficient (Wildman–Crippen LogP) is 4.82. The van der Waals surface area contributed by atoms with Crippen LogP contribution in [0.15, 0.2) is 51.7 Å². The van der Waals surface area contributed by atoms with Crippen LogP contribution < -0.4 is 16.0 Å². The lowest BCUT2D eigenvalue weighted by atomic mass is 10.2. The van der Waals surface area contributed by atoms with Crippen molar-refractivity contribution in [2.24, 2.45) is 0 Å². The van der Waals surface area contributed by atoms with Crippen molar-refractivity contribution in [2.45, 2.75) is 59.0 Å². The number of oxazole rings is 1. The average Bonchev–Trinajstić information content (AvgIpc) is 3.10. The second-order valence-corrected chi connectivity index (χ2v) is 10.4. The number of likely N-dealkylation sites (N-methyl/N-ethyl adjacent to an activating group) is 1. The first-order chi connectivity index (χ1) is 17.0. The van der Waals surface area contributed by atoms with E-state index in [0.29, 0.717) is 17.6 Å². The first-order valence-corrected chi connectivity index (χ1v) is 12.3. The summed E-state index contributed by atoms with van der Waals surface area (Å²) in [6.07, 6.45) is -0.0281. The summed E-state index contributed by atoms with van der Waals surface area (Å²) in [5, 5.41) is 3.40. The third kappa shape index (κ3) is 6.20. The molecule has 1 amide bonds. The molecule has 0 spiro atoms. The molecule has 1 aliphatic heterocycles. The van der Waals surface area contributed by atoms with E-state index < -0.39 is 17.5 Å². The fourth-order valence-electron chi connectivity index (χ4n) is 4.34. The van der Waals surface area contributed by atoms with E-state index >= 15 is 0 Å². The van der Waals surface area contributed by atoms with Crippen LogP contribution in [0.4, 0.5) is 21.9 Å². The molecule has 0 saturated carbocycles. The molecule has 1 aromatic heterocycles. The molecule has 3 aromatic rings. The highest BCUT2D eigenvalue weighted by Crippen LogP contribution is 2.26. The Morgan fingerprint density at radius 2 is 1.72 bits per heavy atom. The Kier molecular flexibility index (Phi) is 7.31. The molecule has 0 aliphatic carbocycles. The van der Waals surface area contributed by atoms with Gasteiger partial charge in [-0.05, 0) is 77.1 Å². The molecule has 4 rings (SSSR count). The van der Waals surface area contributed by atoms with E-state index in [1.807, 2.05) is 45.0 Å². The highest BCUT2D eigenvalue weighted by atomic mass is 16.6. The fourth-order valence-corrected chi connectivity index (χ4v) is 4.34. The number of carbonyl (C=O) groups is 1. The van der Waals surface area contributed by atoms with Gasteiger partial charge < -0.3 is 29.0 Å². The third-order valence-electron chi connectivity index (χ3n) is 5.97. The monoisotopic (exact) mass is 496 g/mol. The number of benzene rings is 2. The number of ether oxygens (including phenoxy) is 2. The van der Waals surface area contributed by atoms with Crippen LogP contribution in [-0.4, -0.2) is 60.1 Å². The number of anilines is 3. The van der Waals surface area contributed by atoms with Gasteiger partial charge >= 0.3 is 11.8 Å². The van der Waals surface area contributed by atoms with Gasteiger partial charge in [0.1, 0.15) is 5.60 Å². The zero-order valence-corrected chi connectivity index (χ0v) is 21.9. The van der Waals surface area contributed by atoms with Crippen molar-refractivity contribution in [3.63, 3.8) is 0 Å². The van der Waals surface area contributed by atoms with Crippen molar-refractivity contribution in [1.82, 2.24) is 9.47 Å². The van der Waals surface area contributed by atoms with Crippen LogP contribution in [0.1, 0.15) is 34.6 Å². The summed E-state index contributed by atoms with van der Waals surface area (Å²) in [4.78, 5) is 28.5. The summed E-state index contributed by atoms with van der Waals surface area (Å²) >= 11 is 0. The highest BCUT2D eigenvalue weighted by molar-refractivity contribution is 5.79. The molecular formula is C27H36N4O5. The number of nitrogens with zero attached hydrogens (tertiary/aromatic N) is 3. The number of hydrogen-bond acceptors (Lipinski definition) is 7. The number of fused-ring (bicyclic) bond motifs is 1. The lowest BCUT2D eigenvalue weighted by Gasteiger charge is -2.36. The maximum Gasteiger partial charge on any atom is 0.420 e. The number of carbonyl (C=O) groups excluding carboxylic acids is 1. The van der Waals surface area contributed by atoms with Crippen molar-refractivity contribution < 1.29 is 18.7 Å². The van der Waals surface area contributed by atoms with Crippen LogP contribution >= 0.6 is 0 Å². The van der Waals surface area contributed by atoms with Gasteiger partial charge in [-0.15, -0.1) is 0 Å². The zero-order valence-electron chi connectivity index (χ0n) is 21.9. The van der Waals surface area contributed by atoms with E-state index in [1.54, 1.807) is 13.1 Å². The van der Waals surface area contributed by atoms with Gasteiger partial charge in [0.2, 0.25) is 0 Å². The topological polar surface area (TPSA) is 89.2 Å². The Balaban J connectivity index is 1.45. The van der Waals surface area contributed by atoms with Crippen LogP contribution in [-0.2, 0) is 16.0 Å². The van der Waals surface area contributed by atoms with Crippen LogP contribution in [0.25, 0.3) is 11.1 Å².